The van der Waals surface area contributed by atoms with Crippen LogP contribution in [-0.4, -0.2) is 28.5 Å². The third-order valence-corrected chi connectivity index (χ3v) is 7.74. The van der Waals surface area contributed by atoms with Crippen molar-refractivity contribution in [2.45, 2.75) is 64.2 Å². The van der Waals surface area contributed by atoms with Crippen LogP contribution in [0.4, 0.5) is 0 Å². The minimum absolute atomic E-state index is 0.0691. The molecule has 0 bridgehead atoms. The number of nitrogens with two attached hydrogens (primary N) is 1. The molecule has 3 nitrogen and oxygen atoms in total. The second-order valence-corrected chi connectivity index (χ2v) is 8.63. The summed E-state index contributed by atoms with van der Waals surface area (Å²) in [6, 6.07) is -0.0691. The van der Waals surface area contributed by atoms with E-state index < -0.39 is 0 Å². The van der Waals surface area contributed by atoms with Crippen molar-refractivity contribution in [2.24, 2.45) is 34.3 Å². The Kier molecular flexibility index (Phi) is 3.18. The van der Waals surface area contributed by atoms with Crippen molar-refractivity contribution < 1.29 is 10.2 Å². The van der Waals surface area contributed by atoms with E-state index in [0.29, 0.717) is 17.8 Å². The third-order valence-electron chi connectivity index (χ3n) is 7.74. The van der Waals surface area contributed by atoms with Crippen LogP contribution in [0.2, 0.25) is 0 Å². The van der Waals surface area contributed by atoms with Crippen molar-refractivity contribution in [1.82, 2.24) is 0 Å². The monoisotopic (exact) mass is 303 g/mol. The summed E-state index contributed by atoms with van der Waals surface area (Å²) in [5.74, 6) is 1.79. The van der Waals surface area contributed by atoms with Crippen LogP contribution < -0.4 is 5.73 Å². The lowest BCUT2D eigenvalue weighted by atomic mass is 9.49. The van der Waals surface area contributed by atoms with Crippen LogP contribution in [0.3, 0.4) is 0 Å². The topological polar surface area (TPSA) is 66.5 Å². The number of fused-ring (bicyclic) bond motifs is 5. The first-order valence-electron chi connectivity index (χ1n) is 8.87. The van der Waals surface area contributed by atoms with Crippen LogP contribution in [0.15, 0.2) is 23.8 Å². The van der Waals surface area contributed by atoms with Gasteiger partial charge in [0.05, 0.1) is 12.2 Å². The lowest BCUT2D eigenvalue weighted by molar-refractivity contribution is -0.0117. The molecule has 0 aromatic rings. The Morgan fingerprint density at radius 1 is 1.23 bits per heavy atom. The SMILES string of the molecule is C[C@]12CC[C@H]3[C@@H](CC=C4C[C@H](O)C=C[C@@]43C)[C@@H]1C[C@@H](O)[C@@H]2N. The molecule has 122 valence electrons. The standard InChI is InChI=1S/C19H29NO2/c1-18-7-5-12(21)9-11(18)3-4-13-14(18)6-8-19(2)15(13)10-16(22)17(19)20/h3,5,7,12-17,21-22H,4,6,8-10,20H2,1-2H3/t12-,13-,14+,15+,16-,17+,18+,19+/m1/s1. The molecule has 4 aliphatic carbocycles. The molecule has 0 aliphatic heterocycles. The first-order chi connectivity index (χ1) is 10.4. The zero-order valence-corrected chi connectivity index (χ0v) is 13.7. The summed E-state index contributed by atoms with van der Waals surface area (Å²) in [5, 5.41) is 20.3. The predicted octanol–water partition coefficient (Wildman–Crippen LogP) is 2.38. The summed E-state index contributed by atoms with van der Waals surface area (Å²) in [6.45, 7) is 4.66. The molecule has 0 unspecified atom stereocenters. The minimum Gasteiger partial charge on any atom is -0.391 e. The third kappa shape index (κ3) is 1.79. The maximum Gasteiger partial charge on any atom is 0.0758 e. The number of allylic oxidation sites excluding steroid dienone is 2. The Morgan fingerprint density at radius 3 is 2.77 bits per heavy atom. The molecule has 4 rings (SSSR count). The zero-order valence-electron chi connectivity index (χ0n) is 13.7. The fraction of sp³-hybridized carbons (Fsp3) is 0.789. The van der Waals surface area contributed by atoms with Crippen LogP contribution in [-0.2, 0) is 0 Å². The summed E-state index contributed by atoms with van der Waals surface area (Å²) in [7, 11) is 0. The molecule has 0 saturated heterocycles. The lowest BCUT2D eigenvalue weighted by Gasteiger charge is -2.56. The van der Waals surface area contributed by atoms with Gasteiger partial charge in [-0.3, -0.25) is 0 Å². The highest BCUT2D eigenvalue weighted by Crippen LogP contribution is 2.63. The van der Waals surface area contributed by atoms with E-state index in [4.69, 9.17) is 5.73 Å². The summed E-state index contributed by atoms with van der Waals surface area (Å²) in [5.41, 5.74) is 7.98. The van der Waals surface area contributed by atoms with E-state index in [-0.39, 0.29) is 29.1 Å². The quantitative estimate of drug-likeness (QED) is 0.602. The second kappa shape index (κ2) is 4.68. The first-order valence-corrected chi connectivity index (χ1v) is 8.87. The van der Waals surface area contributed by atoms with Crippen LogP contribution in [0.5, 0.6) is 0 Å². The van der Waals surface area contributed by atoms with Gasteiger partial charge in [-0.2, -0.15) is 0 Å². The maximum atomic E-state index is 10.3. The number of rotatable bonds is 0. The number of aliphatic hydroxyl groups excluding tert-OH is 2. The number of aliphatic hydroxyl groups is 2. The van der Waals surface area contributed by atoms with Gasteiger partial charge in [-0.25, -0.2) is 0 Å². The Balaban J connectivity index is 1.71. The Morgan fingerprint density at radius 2 is 2.00 bits per heavy atom. The lowest BCUT2D eigenvalue weighted by Crippen LogP contribution is -2.52. The van der Waals surface area contributed by atoms with Gasteiger partial charge in [0.15, 0.2) is 0 Å². The molecule has 8 atom stereocenters. The van der Waals surface area contributed by atoms with Crippen LogP contribution in [0.1, 0.15) is 46.0 Å². The van der Waals surface area contributed by atoms with Crippen LogP contribution in [0.25, 0.3) is 0 Å². The van der Waals surface area contributed by atoms with Gasteiger partial charge in [0.1, 0.15) is 0 Å². The van der Waals surface area contributed by atoms with Crippen molar-refractivity contribution in [1.29, 1.82) is 0 Å². The first kappa shape index (κ1) is 14.9. The van der Waals surface area contributed by atoms with E-state index >= 15 is 0 Å². The number of hydrogen-bond donors (Lipinski definition) is 3. The van der Waals surface area contributed by atoms with Gasteiger partial charge in [-0.05, 0) is 55.3 Å². The van der Waals surface area contributed by atoms with E-state index in [0.717, 1.165) is 25.7 Å². The maximum absolute atomic E-state index is 10.3. The van der Waals surface area contributed by atoms with Crippen molar-refractivity contribution in [3.05, 3.63) is 23.8 Å². The van der Waals surface area contributed by atoms with Gasteiger partial charge >= 0.3 is 0 Å². The van der Waals surface area contributed by atoms with Gasteiger partial charge in [-0.1, -0.05) is 37.6 Å². The summed E-state index contributed by atoms with van der Waals surface area (Å²) in [4.78, 5) is 0. The molecule has 0 aromatic carbocycles. The highest BCUT2D eigenvalue weighted by Gasteiger charge is 2.59. The van der Waals surface area contributed by atoms with Crippen LogP contribution in [0, 0.1) is 28.6 Å². The van der Waals surface area contributed by atoms with Gasteiger partial charge in [0.25, 0.3) is 0 Å². The Labute approximate surface area is 133 Å². The fourth-order valence-electron chi connectivity index (χ4n) is 6.29. The zero-order chi connectivity index (χ0) is 15.7. The van der Waals surface area contributed by atoms with E-state index in [9.17, 15) is 10.2 Å². The molecule has 2 fully saturated rings. The highest BCUT2D eigenvalue weighted by atomic mass is 16.3. The molecule has 0 aromatic heterocycles. The molecule has 0 radical (unpaired) electrons. The normalized spacial score (nSPS) is 56.9. The van der Waals surface area contributed by atoms with Crippen molar-refractivity contribution in [2.75, 3.05) is 0 Å². The van der Waals surface area contributed by atoms with Crippen molar-refractivity contribution in [3.63, 3.8) is 0 Å². The fourth-order valence-corrected chi connectivity index (χ4v) is 6.29. The van der Waals surface area contributed by atoms with Crippen LogP contribution >= 0.6 is 0 Å². The van der Waals surface area contributed by atoms with E-state index in [2.05, 4.69) is 26.0 Å². The van der Waals surface area contributed by atoms with Crippen molar-refractivity contribution in [3.8, 4) is 0 Å². The second-order valence-electron chi connectivity index (χ2n) is 8.63. The predicted molar refractivity (Wildman–Crippen MR) is 87.0 cm³/mol. The molecule has 4 N–H and O–H groups in total. The Bertz CT molecular complexity index is 542. The number of hydrogen-bond acceptors (Lipinski definition) is 3. The largest absolute Gasteiger partial charge is 0.391 e. The molecular weight excluding hydrogens is 274 g/mol. The smallest absolute Gasteiger partial charge is 0.0758 e. The van der Waals surface area contributed by atoms with E-state index in [1.807, 2.05) is 6.08 Å². The summed E-state index contributed by atoms with van der Waals surface area (Å²) >= 11 is 0. The van der Waals surface area contributed by atoms with E-state index in [1.165, 1.54) is 12.0 Å². The average Bonchev–Trinajstić information content (AvgIpc) is 2.72. The molecule has 0 spiro atoms. The average molecular weight is 303 g/mol. The van der Waals surface area contributed by atoms with E-state index in [1.54, 1.807) is 0 Å². The minimum atomic E-state index is -0.337. The van der Waals surface area contributed by atoms with Gasteiger partial charge < -0.3 is 15.9 Å². The van der Waals surface area contributed by atoms with Crippen molar-refractivity contribution >= 4 is 0 Å². The molecule has 3 heteroatoms. The highest BCUT2D eigenvalue weighted by molar-refractivity contribution is 5.33. The molecule has 4 aliphatic rings. The van der Waals surface area contributed by atoms with Gasteiger partial charge in [0, 0.05) is 11.5 Å². The molecule has 22 heavy (non-hydrogen) atoms. The summed E-state index contributed by atoms with van der Waals surface area (Å²) < 4.78 is 0. The molecule has 0 heterocycles. The molecule has 2 saturated carbocycles. The van der Waals surface area contributed by atoms with Gasteiger partial charge in [0.2, 0.25) is 0 Å². The molecular formula is C19H29NO2. The van der Waals surface area contributed by atoms with Gasteiger partial charge in [-0.15, -0.1) is 0 Å². The Hall–Kier alpha value is -0.640. The summed E-state index contributed by atoms with van der Waals surface area (Å²) in [6.07, 6.45) is 11.0. The molecule has 0 amide bonds.